The van der Waals surface area contributed by atoms with Gasteiger partial charge in [-0.3, -0.25) is 4.79 Å². The summed E-state index contributed by atoms with van der Waals surface area (Å²) in [5.74, 6) is -1.83. The molecule has 3 rings (SSSR count). The summed E-state index contributed by atoms with van der Waals surface area (Å²) in [5.41, 5.74) is 6.21. The van der Waals surface area contributed by atoms with Crippen LogP contribution in [0.2, 0.25) is 0 Å². The van der Waals surface area contributed by atoms with Crippen LogP contribution in [0.3, 0.4) is 0 Å². The second-order valence-corrected chi connectivity index (χ2v) is 6.81. The Morgan fingerprint density at radius 1 is 1.23 bits per heavy atom. The van der Waals surface area contributed by atoms with E-state index in [1.54, 1.807) is 11.6 Å². The molecule has 0 fully saturated rings. The molecule has 2 unspecified atom stereocenters. The summed E-state index contributed by atoms with van der Waals surface area (Å²) < 4.78 is 1.71. The molecule has 3 aromatic rings. The average molecular weight is 353 g/mol. The van der Waals surface area contributed by atoms with Crippen LogP contribution in [0.5, 0.6) is 0 Å². The fourth-order valence-electron chi connectivity index (χ4n) is 3.52. The van der Waals surface area contributed by atoms with E-state index in [1.165, 1.54) is 0 Å². The maximum atomic E-state index is 11.8. The van der Waals surface area contributed by atoms with E-state index in [0.29, 0.717) is 0 Å². The molecule has 0 bridgehead atoms. The van der Waals surface area contributed by atoms with Gasteiger partial charge in [0.2, 0.25) is 0 Å². The van der Waals surface area contributed by atoms with Crippen LogP contribution >= 0.6 is 0 Å². The Hall–Kier alpha value is -2.73. The maximum Gasteiger partial charge on any atom is 0.307 e. The lowest BCUT2D eigenvalue weighted by atomic mass is 9.79. The Kier molecular flexibility index (Phi) is 4.78. The van der Waals surface area contributed by atoms with Crippen LogP contribution in [-0.2, 0) is 18.4 Å². The third kappa shape index (κ3) is 2.97. The number of benzene rings is 2. The molecule has 0 spiro atoms. The second kappa shape index (κ2) is 6.88. The highest BCUT2D eigenvalue weighted by atomic mass is 16.4. The highest BCUT2D eigenvalue weighted by molar-refractivity contribution is 5.80. The third-order valence-electron chi connectivity index (χ3n) is 5.21. The van der Waals surface area contributed by atoms with Gasteiger partial charge >= 0.3 is 5.97 Å². The molecule has 6 nitrogen and oxygen atoms in total. The number of carbonyl (C=O) groups is 1. The Morgan fingerprint density at radius 2 is 1.96 bits per heavy atom. The fourth-order valence-corrected chi connectivity index (χ4v) is 3.52. The van der Waals surface area contributed by atoms with Gasteiger partial charge in [0.1, 0.15) is 5.52 Å². The van der Waals surface area contributed by atoms with Crippen LogP contribution in [0, 0.1) is 19.8 Å². The largest absolute Gasteiger partial charge is 0.481 e. The van der Waals surface area contributed by atoms with Gasteiger partial charge in [-0.2, -0.15) is 0 Å². The Morgan fingerprint density at radius 3 is 2.62 bits per heavy atom. The average Bonchev–Trinajstić information content (AvgIpc) is 3.00. The molecule has 1 heterocycles. The minimum atomic E-state index is -0.861. The number of aromatic nitrogens is 3. The van der Waals surface area contributed by atoms with Crippen LogP contribution in [0.15, 0.2) is 30.3 Å². The van der Waals surface area contributed by atoms with Crippen molar-refractivity contribution in [2.45, 2.75) is 33.3 Å². The number of rotatable bonds is 5. The van der Waals surface area contributed by atoms with E-state index < -0.39 is 11.9 Å². The van der Waals surface area contributed by atoms with E-state index in [0.717, 1.165) is 38.9 Å². The third-order valence-corrected chi connectivity index (χ3v) is 5.21. The normalized spacial score (nSPS) is 13.7. The van der Waals surface area contributed by atoms with Gasteiger partial charge in [0.15, 0.2) is 0 Å². The standard InChI is InChI=1S/C20H23N3O3/c1-11-5-6-14(9-15(11)10-24)18(13(3)20(25)26)16-7-8-17-19(12(16)2)21-22-23(17)4/h5-9,13,18,24H,10H2,1-4H3,(H,25,26). The quantitative estimate of drug-likeness (QED) is 0.736. The van der Waals surface area contributed by atoms with Crippen molar-refractivity contribution in [2.75, 3.05) is 0 Å². The van der Waals surface area contributed by atoms with Crippen molar-refractivity contribution in [3.8, 4) is 0 Å². The van der Waals surface area contributed by atoms with Crippen molar-refractivity contribution in [3.63, 3.8) is 0 Å². The number of fused-ring (bicyclic) bond motifs is 1. The molecular weight excluding hydrogens is 330 g/mol. The minimum Gasteiger partial charge on any atom is -0.481 e. The van der Waals surface area contributed by atoms with E-state index in [4.69, 9.17) is 0 Å². The maximum absolute atomic E-state index is 11.8. The summed E-state index contributed by atoms with van der Waals surface area (Å²) in [6.07, 6.45) is 0. The zero-order valence-corrected chi connectivity index (χ0v) is 15.4. The number of aryl methyl sites for hydroxylation is 3. The Balaban J connectivity index is 2.22. The van der Waals surface area contributed by atoms with Crippen molar-refractivity contribution >= 4 is 17.0 Å². The molecule has 0 aliphatic heterocycles. The van der Waals surface area contributed by atoms with Gasteiger partial charge in [-0.05, 0) is 47.7 Å². The highest BCUT2D eigenvalue weighted by Crippen LogP contribution is 2.37. The first-order valence-electron chi connectivity index (χ1n) is 8.57. The zero-order valence-electron chi connectivity index (χ0n) is 15.4. The molecule has 136 valence electrons. The van der Waals surface area contributed by atoms with Gasteiger partial charge in [-0.15, -0.1) is 5.10 Å². The van der Waals surface area contributed by atoms with Gasteiger partial charge in [0.05, 0.1) is 18.0 Å². The zero-order chi connectivity index (χ0) is 19.0. The van der Waals surface area contributed by atoms with Crippen molar-refractivity contribution in [1.29, 1.82) is 0 Å². The molecule has 2 N–H and O–H groups in total. The van der Waals surface area contributed by atoms with E-state index in [-0.39, 0.29) is 12.5 Å². The number of carboxylic acids is 1. The second-order valence-electron chi connectivity index (χ2n) is 6.81. The summed E-state index contributed by atoms with van der Waals surface area (Å²) in [7, 11) is 1.83. The van der Waals surface area contributed by atoms with Crippen LogP contribution in [0.1, 0.15) is 40.7 Å². The van der Waals surface area contributed by atoms with Crippen molar-refractivity contribution < 1.29 is 15.0 Å². The molecule has 6 heteroatoms. The van der Waals surface area contributed by atoms with Crippen molar-refractivity contribution in [2.24, 2.45) is 13.0 Å². The molecule has 0 aliphatic rings. The first kappa shape index (κ1) is 18.1. The predicted octanol–water partition coefficient (Wildman–Crippen LogP) is 2.93. The summed E-state index contributed by atoms with van der Waals surface area (Å²) in [6.45, 7) is 5.53. The summed E-state index contributed by atoms with van der Waals surface area (Å²) in [5, 5.41) is 27.6. The first-order valence-corrected chi connectivity index (χ1v) is 8.57. The van der Waals surface area contributed by atoms with Crippen LogP contribution in [0.4, 0.5) is 0 Å². The van der Waals surface area contributed by atoms with Gasteiger partial charge < -0.3 is 10.2 Å². The molecular formula is C20H23N3O3. The topological polar surface area (TPSA) is 88.2 Å². The smallest absolute Gasteiger partial charge is 0.307 e. The summed E-state index contributed by atoms with van der Waals surface area (Å²) >= 11 is 0. The van der Waals surface area contributed by atoms with Crippen LogP contribution < -0.4 is 0 Å². The summed E-state index contributed by atoms with van der Waals surface area (Å²) in [4.78, 5) is 11.8. The molecule has 0 saturated heterocycles. The predicted molar refractivity (Wildman–Crippen MR) is 99.0 cm³/mol. The molecule has 2 aromatic carbocycles. The number of carboxylic acid groups (broad SMARTS) is 1. The Bertz CT molecular complexity index is 978. The molecule has 0 radical (unpaired) electrons. The van der Waals surface area contributed by atoms with Crippen molar-refractivity contribution in [1.82, 2.24) is 15.0 Å². The molecule has 0 amide bonds. The fraction of sp³-hybridized carbons (Fsp3) is 0.350. The monoisotopic (exact) mass is 353 g/mol. The Labute approximate surface area is 152 Å². The van der Waals surface area contributed by atoms with Gasteiger partial charge in [-0.1, -0.05) is 36.4 Å². The molecule has 2 atom stereocenters. The number of aliphatic hydroxyl groups excluding tert-OH is 1. The number of hydrogen-bond acceptors (Lipinski definition) is 4. The van der Waals surface area contributed by atoms with E-state index >= 15 is 0 Å². The highest BCUT2D eigenvalue weighted by Gasteiger charge is 2.29. The lowest BCUT2D eigenvalue weighted by molar-refractivity contribution is -0.141. The lowest BCUT2D eigenvalue weighted by Gasteiger charge is -2.25. The van der Waals surface area contributed by atoms with Crippen LogP contribution in [-0.4, -0.2) is 31.2 Å². The minimum absolute atomic E-state index is 0.0734. The van der Waals surface area contributed by atoms with Gasteiger partial charge in [-0.25, -0.2) is 4.68 Å². The lowest BCUT2D eigenvalue weighted by Crippen LogP contribution is -2.21. The molecule has 0 saturated carbocycles. The number of aliphatic carboxylic acids is 1. The van der Waals surface area contributed by atoms with Crippen molar-refractivity contribution in [3.05, 3.63) is 58.1 Å². The molecule has 26 heavy (non-hydrogen) atoms. The number of nitrogens with zero attached hydrogens (tertiary/aromatic N) is 3. The van der Waals surface area contributed by atoms with Gasteiger partial charge in [0.25, 0.3) is 0 Å². The number of aliphatic hydroxyl groups is 1. The van der Waals surface area contributed by atoms with E-state index in [1.807, 2.05) is 51.2 Å². The number of hydrogen-bond donors (Lipinski definition) is 2. The summed E-state index contributed by atoms with van der Waals surface area (Å²) in [6, 6.07) is 9.67. The van der Waals surface area contributed by atoms with Crippen LogP contribution in [0.25, 0.3) is 11.0 Å². The molecule has 0 aliphatic carbocycles. The van der Waals surface area contributed by atoms with Gasteiger partial charge in [0, 0.05) is 13.0 Å². The molecule has 1 aromatic heterocycles. The SMILES string of the molecule is Cc1ccc(C(c2ccc3c(nnn3C)c2C)C(C)C(=O)O)cc1CO. The first-order chi connectivity index (χ1) is 12.3. The van der Waals surface area contributed by atoms with E-state index in [9.17, 15) is 15.0 Å². The van der Waals surface area contributed by atoms with E-state index in [2.05, 4.69) is 10.3 Å².